The summed E-state index contributed by atoms with van der Waals surface area (Å²) in [6, 6.07) is 18.3. The van der Waals surface area contributed by atoms with Gasteiger partial charge < -0.3 is 14.8 Å². The first-order chi connectivity index (χ1) is 17.3. The van der Waals surface area contributed by atoms with Crippen LogP contribution in [0, 0.1) is 12.7 Å². The number of nitrogens with zero attached hydrogens (tertiary/aromatic N) is 1. The minimum absolute atomic E-state index is 0.191. The van der Waals surface area contributed by atoms with E-state index in [1.807, 2.05) is 38.1 Å². The fourth-order valence-corrected chi connectivity index (χ4v) is 4.71. The molecule has 1 saturated heterocycles. The van der Waals surface area contributed by atoms with Gasteiger partial charge in [0.15, 0.2) is 22.4 Å². The van der Waals surface area contributed by atoms with Gasteiger partial charge in [-0.3, -0.25) is 14.5 Å². The molecule has 6 nitrogen and oxygen atoms in total. The Balaban J connectivity index is 1.47. The Morgan fingerprint density at radius 1 is 1.06 bits per heavy atom. The molecule has 1 aliphatic heterocycles. The number of nitrogens with one attached hydrogen (secondary N) is 1. The lowest BCUT2D eigenvalue weighted by molar-refractivity contribution is -0.118. The number of hydrogen-bond acceptors (Lipinski definition) is 6. The molecule has 2 amide bonds. The van der Waals surface area contributed by atoms with E-state index >= 15 is 0 Å². The summed E-state index contributed by atoms with van der Waals surface area (Å²) in [6.45, 7) is 4.01. The number of ether oxygens (including phenoxy) is 2. The Morgan fingerprint density at radius 2 is 1.78 bits per heavy atom. The van der Waals surface area contributed by atoms with Crippen molar-refractivity contribution in [1.82, 2.24) is 0 Å². The van der Waals surface area contributed by atoms with Gasteiger partial charge in [-0.1, -0.05) is 47.7 Å². The highest BCUT2D eigenvalue weighted by atomic mass is 32.2. The number of amides is 2. The zero-order valence-corrected chi connectivity index (χ0v) is 21.3. The van der Waals surface area contributed by atoms with Crippen molar-refractivity contribution in [1.29, 1.82) is 0 Å². The molecule has 0 spiro atoms. The van der Waals surface area contributed by atoms with Crippen molar-refractivity contribution in [3.63, 3.8) is 0 Å². The minimum Gasteiger partial charge on any atom is -0.490 e. The molecule has 36 heavy (non-hydrogen) atoms. The zero-order valence-electron chi connectivity index (χ0n) is 19.6. The van der Waals surface area contributed by atoms with Crippen LogP contribution < -0.4 is 19.7 Å². The Bertz CT molecular complexity index is 1320. The van der Waals surface area contributed by atoms with Gasteiger partial charge >= 0.3 is 0 Å². The SMILES string of the molecule is CCOc1cc(/C=C2\SC(=S)N(c3ccc(F)cc3)C2=O)ccc1OCC(=O)Nc1ccc(C)cc1. The number of thiocarbonyl (C=S) groups is 1. The molecular formula is C27H23FN2O4S2. The van der Waals surface area contributed by atoms with Crippen molar-refractivity contribution in [3.05, 3.63) is 88.6 Å². The molecule has 9 heteroatoms. The van der Waals surface area contributed by atoms with Gasteiger partial charge in [0.2, 0.25) is 0 Å². The van der Waals surface area contributed by atoms with Crippen LogP contribution >= 0.6 is 24.0 Å². The second-order valence-electron chi connectivity index (χ2n) is 7.84. The van der Waals surface area contributed by atoms with Gasteiger partial charge in [0.1, 0.15) is 5.82 Å². The molecule has 184 valence electrons. The van der Waals surface area contributed by atoms with Crippen LogP contribution in [0.4, 0.5) is 15.8 Å². The summed E-state index contributed by atoms with van der Waals surface area (Å²) in [5, 5.41) is 2.79. The molecule has 3 aromatic carbocycles. The monoisotopic (exact) mass is 522 g/mol. The molecule has 0 bridgehead atoms. The summed E-state index contributed by atoms with van der Waals surface area (Å²) in [5.41, 5.74) is 3.00. The van der Waals surface area contributed by atoms with Crippen molar-refractivity contribution in [2.24, 2.45) is 0 Å². The molecule has 1 fully saturated rings. The second kappa shape index (κ2) is 11.4. The average molecular weight is 523 g/mol. The van der Waals surface area contributed by atoms with E-state index in [1.54, 1.807) is 24.3 Å². The van der Waals surface area contributed by atoms with E-state index in [9.17, 15) is 14.0 Å². The van der Waals surface area contributed by atoms with E-state index < -0.39 is 5.82 Å². The third kappa shape index (κ3) is 6.10. The summed E-state index contributed by atoms with van der Waals surface area (Å²) in [5.74, 6) is -0.119. The highest BCUT2D eigenvalue weighted by Crippen LogP contribution is 2.37. The number of halogens is 1. The number of anilines is 2. The van der Waals surface area contributed by atoms with Gasteiger partial charge in [-0.15, -0.1) is 0 Å². The van der Waals surface area contributed by atoms with Crippen molar-refractivity contribution in [2.45, 2.75) is 13.8 Å². The molecule has 1 N–H and O–H groups in total. The van der Waals surface area contributed by atoms with E-state index in [-0.39, 0.29) is 18.4 Å². The van der Waals surface area contributed by atoms with Crippen molar-refractivity contribution >= 4 is 57.6 Å². The normalized spacial score (nSPS) is 14.3. The molecule has 0 aliphatic carbocycles. The van der Waals surface area contributed by atoms with Gasteiger partial charge in [0.25, 0.3) is 11.8 Å². The maximum atomic E-state index is 13.3. The Kier molecular flexibility index (Phi) is 8.02. The highest BCUT2D eigenvalue weighted by molar-refractivity contribution is 8.27. The minimum atomic E-state index is -0.391. The van der Waals surface area contributed by atoms with Gasteiger partial charge in [-0.25, -0.2) is 4.39 Å². The van der Waals surface area contributed by atoms with Gasteiger partial charge in [0.05, 0.1) is 17.2 Å². The quantitative estimate of drug-likeness (QED) is 0.291. The van der Waals surface area contributed by atoms with Crippen LogP contribution in [0.5, 0.6) is 11.5 Å². The number of carbonyl (C=O) groups is 2. The first-order valence-corrected chi connectivity index (χ1v) is 12.4. The fourth-order valence-electron chi connectivity index (χ4n) is 3.41. The molecule has 4 rings (SSSR count). The van der Waals surface area contributed by atoms with Crippen molar-refractivity contribution in [2.75, 3.05) is 23.4 Å². The first-order valence-electron chi connectivity index (χ1n) is 11.1. The lowest BCUT2D eigenvalue weighted by Crippen LogP contribution is -2.27. The number of thioether (sulfide) groups is 1. The number of aryl methyl sites for hydroxylation is 1. The predicted octanol–water partition coefficient (Wildman–Crippen LogP) is 5.96. The Hall–Kier alpha value is -3.69. The van der Waals surface area contributed by atoms with E-state index in [4.69, 9.17) is 21.7 Å². The summed E-state index contributed by atoms with van der Waals surface area (Å²) in [7, 11) is 0. The molecule has 0 atom stereocenters. The number of hydrogen-bond donors (Lipinski definition) is 1. The molecule has 0 saturated carbocycles. The molecular weight excluding hydrogens is 499 g/mol. The smallest absolute Gasteiger partial charge is 0.270 e. The van der Waals surface area contributed by atoms with Crippen LogP contribution in [0.25, 0.3) is 6.08 Å². The van der Waals surface area contributed by atoms with E-state index in [1.165, 1.54) is 40.9 Å². The summed E-state index contributed by atoms with van der Waals surface area (Å²) < 4.78 is 25.1. The second-order valence-corrected chi connectivity index (χ2v) is 9.51. The largest absolute Gasteiger partial charge is 0.490 e. The van der Waals surface area contributed by atoms with Crippen LogP contribution in [0.1, 0.15) is 18.1 Å². The summed E-state index contributed by atoms with van der Waals surface area (Å²) in [4.78, 5) is 27.1. The number of benzene rings is 3. The zero-order chi connectivity index (χ0) is 25.7. The molecule has 0 radical (unpaired) electrons. The fraction of sp³-hybridized carbons (Fsp3) is 0.148. The van der Waals surface area contributed by atoms with Crippen LogP contribution in [0.15, 0.2) is 71.6 Å². The van der Waals surface area contributed by atoms with Crippen LogP contribution in [0.2, 0.25) is 0 Å². The van der Waals surface area contributed by atoms with Crippen LogP contribution in [0.3, 0.4) is 0 Å². The Morgan fingerprint density at radius 3 is 2.47 bits per heavy atom. The predicted molar refractivity (Wildman–Crippen MR) is 145 cm³/mol. The van der Waals surface area contributed by atoms with Gasteiger partial charge in [-0.2, -0.15) is 0 Å². The maximum Gasteiger partial charge on any atom is 0.270 e. The van der Waals surface area contributed by atoms with E-state index in [0.717, 1.165) is 5.56 Å². The summed E-state index contributed by atoms with van der Waals surface area (Å²) in [6.07, 6.45) is 1.71. The lowest BCUT2D eigenvalue weighted by atomic mass is 10.1. The highest BCUT2D eigenvalue weighted by Gasteiger charge is 2.33. The summed E-state index contributed by atoms with van der Waals surface area (Å²) >= 11 is 6.54. The molecule has 1 heterocycles. The first kappa shape index (κ1) is 25.4. The molecule has 3 aromatic rings. The van der Waals surface area contributed by atoms with E-state index in [2.05, 4.69) is 5.32 Å². The van der Waals surface area contributed by atoms with Gasteiger partial charge in [0, 0.05) is 5.69 Å². The number of carbonyl (C=O) groups excluding carboxylic acids is 2. The van der Waals surface area contributed by atoms with Crippen LogP contribution in [-0.2, 0) is 9.59 Å². The molecule has 0 unspecified atom stereocenters. The Labute approximate surface area is 218 Å². The van der Waals surface area contributed by atoms with Crippen molar-refractivity contribution < 1.29 is 23.5 Å². The number of rotatable bonds is 8. The van der Waals surface area contributed by atoms with Gasteiger partial charge in [-0.05, 0) is 74.0 Å². The maximum absolute atomic E-state index is 13.3. The standard InChI is InChI=1S/C27H23FN2O4S2/c1-3-33-23-14-18(6-13-22(23)34-16-25(31)29-20-9-4-17(2)5-10-20)15-24-26(32)30(27(35)36-24)21-11-7-19(28)8-12-21/h4-15H,3,16H2,1-2H3,(H,29,31)/b24-15-. The third-order valence-corrected chi connectivity index (χ3v) is 6.44. The molecule has 0 aromatic heterocycles. The third-order valence-electron chi connectivity index (χ3n) is 5.14. The van der Waals surface area contributed by atoms with Crippen LogP contribution in [-0.4, -0.2) is 29.3 Å². The van der Waals surface area contributed by atoms with Crippen molar-refractivity contribution in [3.8, 4) is 11.5 Å². The molecule has 1 aliphatic rings. The van der Waals surface area contributed by atoms with E-state index in [0.29, 0.717) is 44.3 Å². The topological polar surface area (TPSA) is 67.9 Å². The lowest BCUT2D eigenvalue weighted by Gasteiger charge is -2.14. The average Bonchev–Trinajstić information content (AvgIpc) is 3.13.